The minimum atomic E-state index is -0.511. The molecule has 3 aromatic rings. The number of aromatic nitrogens is 3. The van der Waals surface area contributed by atoms with Crippen LogP contribution in [0.2, 0.25) is 0 Å². The highest BCUT2D eigenvalue weighted by atomic mass is 16.1. The second kappa shape index (κ2) is 5.50. The molecule has 0 aliphatic heterocycles. The van der Waals surface area contributed by atoms with Crippen molar-refractivity contribution in [3.63, 3.8) is 0 Å². The fourth-order valence-electron chi connectivity index (χ4n) is 2.18. The van der Waals surface area contributed by atoms with Gasteiger partial charge in [-0.05, 0) is 12.1 Å². The molecule has 2 aromatic heterocycles. The number of hydrogen-bond acceptors (Lipinski definition) is 4. The number of amides is 1. The Hall–Kier alpha value is -3.08. The molecule has 1 amide bonds. The molecule has 2 N–H and O–H groups in total. The van der Waals surface area contributed by atoms with Crippen molar-refractivity contribution < 1.29 is 4.79 Å². The lowest BCUT2D eigenvalue weighted by Crippen LogP contribution is -2.13. The van der Waals surface area contributed by atoms with E-state index in [0.717, 1.165) is 5.56 Å². The number of nitrogens with zero attached hydrogens (tertiary/aromatic N) is 3. The van der Waals surface area contributed by atoms with Crippen molar-refractivity contribution in [1.29, 1.82) is 0 Å². The molecule has 0 saturated heterocycles. The van der Waals surface area contributed by atoms with E-state index in [-0.39, 0.29) is 0 Å². The summed E-state index contributed by atoms with van der Waals surface area (Å²) in [6.07, 6.45) is 4.63. The van der Waals surface area contributed by atoms with E-state index in [0.29, 0.717) is 22.5 Å². The number of hydrogen-bond donors (Lipinski definition) is 1. The first-order valence-electron chi connectivity index (χ1n) is 6.38. The highest BCUT2D eigenvalue weighted by molar-refractivity contribution is 6.02. The molecule has 21 heavy (non-hydrogen) atoms. The third kappa shape index (κ3) is 2.49. The number of nitrogens with two attached hydrogens (primary N) is 1. The Morgan fingerprint density at radius 2 is 1.76 bits per heavy atom. The summed E-state index contributed by atoms with van der Waals surface area (Å²) < 4.78 is 0. The number of benzene rings is 1. The lowest BCUT2D eigenvalue weighted by Gasteiger charge is -2.11. The van der Waals surface area contributed by atoms with Gasteiger partial charge in [0.1, 0.15) is 6.33 Å². The third-order valence-electron chi connectivity index (χ3n) is 3.10. The van der Waals surface area contributed by atoms with Crippen LogP contribution >= 0.6 is 0 Å². The zero-order valence-corrected chi connectivity index (χ0v) is 11.1. The Labute approximate surface area is 121 Å². The normalized spacial score (nSPS) is 10.3. The lowest BCUT2D eigenvalue weighted by atomic mass is 9.98. The molecule has 0 unspecified atom stereocenters. The van der Waals surface area contributed by atoms with Gasteiger partial charge in [-0.2, -0.15) is 0 Å². The number of rotatable bonds is 3. The number of pyridine rings is 1. The van der Waals surface area contributed by atoms with Crippen LogP contribution < -0.4 is 5.73 Å². The molecule has 1 aromatic carbocycles. The lowest BCUT2D eigenvalue weighted by molar-refractivity contribution is 0.100. The van der Waals surface area contributed by atoms with Crippen LogP contribution in [-0.2, 0) is 0 Å². The van der Waals surface area contributed by atoms with Gasteiger partial charge in [-0.3, -0.25) is 9.78 Å². The zero-order valence-electron chi connectivity index (χ0n) is 11.1. The minimum absolute atomic E-state index is 0.391. The van der Waals surface area contributed by atoms with Crippen LogP contribution in [0.4, 0.5) is 0 Å². The molecule has 0 atom stereocenters. The van der Waals surface area contributed by atoms with E-state index in [2.05, 4.69) is 15.0 Å². The van der Waals surface area contributed by atoms with Gasteiger partial charge in [0.2, 0.25) is 5.91 Å². The molecule has 2 heterocycles. The van der Waals surface area contributed by atoms with Crippen LogP contribution in [0.25, 0.3) is 22.5 Å². The topological polar surface area (TPSA) is 81.8 Å². The molecule has 0 bridgehead atoms. The SMILES string of the molecule is NC(=O)c1ccnc(-c2ccccc2)c1-c1ccncn1. The van der Waals surface area contributed by atoms with Crippen molar-refractivity contribution in [2.75, 3.05) is 0 Å². The first-order chi connectivity index (χ1) is 10.3. The van der Waals surface area contributed by atoms with Crippen LogP contribution in [0.3, 0.4) is 0 Å². The minimum Gasteiger partial charge on any atom is -0.366 e. The van der Waals surface area contributed by atoms with E-state index in [1.807, 2.05) is 30.3 Å². The van der Waals surface area contributed by atoms with Gasteiger partial charge in [0.05, 0.1) is 17.0 Å². The largest absolute Gasteiger partial charge is 0.366 e. The fraction of sp³-hybridized carbons (Fsp3) is 0. The number of carbonyl (C=O) groups is 1. The van der Waals surface area contributed by atoms with E-state index in [1.54, 1.807) is 24.5 Å². The van der Waals surface area contributed by atoms with E-state index in [1.165, 1.54) is 6.33 Å². The van der Waals surface area contributed by atoms with Crippen molar-refractivity contribution in [3.05, 3.63) is 66.7 Å². The summed E-state index contributed by atoms with van der Waals surface area (Å²) in [6.45, 7) is 0. The van der Waals surface area contributed by atoms with Gasteiger partial charge in [-0.15, -0.1) is 0 Å². The Morgan fingerprint density at radius 1 is 0.952 bits per heavy atom. The molecule has 0 spiro atoms. The van der Waals surface area contributed by atoms with E-state index >= 15 is 0 Å². The summed E-state index contributed by atoms with van der Waals surface area (Å²) in [6, 6.07) is 12.9. The standard InChI is InChI=1S/C16H12N4O/c17-16(21)12-6-9-19-15(11-4-2-1-3-5-11)14(12)13-7-8-18-10-20-13/h1-10H,(H2,17,21). The number of carbonyl (C=O) groups excluding carboxylic acids is 1. The van der Waals surface area contributed by atoms with Crippen LogP contribution in [0.15, 0.2) is 61.2 Å². The Kier molecular flexibility index (Phi) is 3.39. The molecule has 0 aliphatic carbocycles. The predicted molar refractivity (Wildman–Crippen MR) is 79.2 cm³/mol. The molecule has 5 heteroatoms. The average molecular weight is 276 g/mol. The molecular formula is C16H12N4O. The van der Waals surface area contributed by atoms with Gasteiger partial charge in [-0.1, -0.05) is 30.3 Å². The van der Waals surface area contributed by atoms with E-state index in [4.69, 9.17) is 5.73 Å². The molecule has 0 aliphatic rings. The second-order valence-electron chi connectivity index (χ2n) is 4.41. The second-order valence-corrected chi connectivity index (χ2v) is 4.41. The predicted octanol–water partition coefficient (Wildman–Crippen LogP) is 2.30. The Balaban J connectivity index is 2.31. The maximum absolute atomic E-state index is 11.7. The van der Waals surface area contributed by atoms with Crippen LogP contribution in [0, 0.1) is 0 Å². The molecular weight excluding hydrogens is 264 g/mol. The quantitative estimate of drug-likeness (QED) is 0.795. The maximum Gasteiger partial charge on any atom is 0.249 e. The van der Waals surface area contributed by atoms with E-state index < -0.39 is 5.91 Å². The molecule has 0 fully saturated rings. The summed E-state index contributed by atoms with van der Waals surface area (Å²) in [7, 11) is 0. The van der Waals surface area contributed by atoms with Crippen molar-refractivity contribution >= 4 is 5.91 Å². The molecule has 0 radical (unpaired) electrons. The van der Waals surface area contributed by atoms with Crippen LogP contribution in [-0.4, -0.2) is 20.9 Å². The molecule has 5 nitrogen and oxygen atoms in total. The van der Waals surface area contributed by atoms with E-state index in [9.17, 15) is 4.79 Å². The van der Waals surface area contributed by atoms with Gasteiger partial charge in [0.25, 0.3) is 0 Å². The van der Waals surface area contributed by atoms with Gasteiger partial charge >= 0.3 is 0 Å². The van der Waals surface area contributed by atoms with Gasteiger partial charge < -0.3 is 5.73 Å². The number of primary amides is 1. The van der Waals surface area contributed by atoms with Crippen LogP contribution in [0.5, 0.6) is 0 Å². The molecule has 0 saturated carbocycles. The highest BCUT2D eigenvalue weighted by Gasteiger charge is 2.17. The summed E-state index contributed by atoms with van der Waals surface area (Å²) in [4.78, 5) is 24.2. The highest BCUT2D eigenvalue weighted by Crippen LogP contribution is 2.31. The van der Waals surface area contributed by atoms with Crippen molar-refractivity contribution in [3.8, 4) is 22.5 Å². The molecule has 3 rings (SSSR count). The third-order valence-corrected chi connectivity index (χ3v) is 3.10. The smallest absolute Gasteiger partial charge is 0.249 e. The van der Waals surface area contributed by atoms with Crippen LogP contribution in [0.1, 0.15) is 10.4 Å². The van der Waals surface area contributed by atoms with Gasteiger partial charge in [-0.25, -0.2) is 9.97 Å². The first kappa shape index (κ1) is 12.9. The van der Waals surface area contributed by atoms with Crippen molar-refractivity contribution in [2.45, 2.75) is 0 Å². The van der Waals surface area contributed by atoms with Crippen molar-refractivity contribution in [2.24, 2.45) is 5.73 Å². The Morgan fingerprint density at radius 3 is 2.43 bits per heavy atom. The Bertz CT molecular complexity index is 773. The average Bonchev–Trinajstić information content (AvgIpc) is 2.55. The zero-order chi connectivity index (χ0) is 14.7. The van der Waals surface area contributed by atoms with Crippen molar-refractivity contribution in [1.82, 2.24) is 15.0 Å². The summed E-state index contributed by atoms with van der Waals surface area (Å²) >= 11 is 0. The molecule has 102 valence electrons. The maximum atomic E-state index is 11.7. The monoisotopic (exact) mass is 276 g/mol. The summed E-state index contributed by atoms with van der Waals surface area (Å²) in [5.74, 6) is -0.511. The first-order valence-corrected chi connectivity index (χ1v) is 6.38. The van der Waals surface area contributed by atoms with Gasteiger partial charge in [0.15, 0.2) is 0 Å². The summed E-state index contributed by atoms with van der Waals surface area (Å²) in [5.41, 5.74) is 8.69. The fourth-order valence-corrected chi connectivity index (χ4v) is 2.18. The van der Waals surface area contributed by atoms with Gasteiger partial charge in [0, 0.05) is 23.5 Å². The summed E-state index contributed by atoms with van der Waals surface area (Å²) in [5, 5.41) is 0.